The molecule has 0 bridgehead atoms. The van der Waals surface area contributed by atoms with Gasteiger partial charge in [-0.15, -0.1) is 11.8 Å². The maximum Gasteiger partial charge on any atom is 0.230 e. The second kappa shape index (κ2) is 7.12. The van der Waals surface area contributed by atoms with Crippen LogP contribution in [0.25, 0.3) is 0 Å². The van der Waals surface area contributed by atoms with E-state index in [1.165, 1.54) is 0 Å². The van der Waals surface area contributed by atoms with E-state index in [1.54, 1.807) is 11.8 Å². The van der Waals surface area contributed by atoms with Crippen LogP contribution in [-0.2, 0) is 4.79 Å². The van der Waals surface area contributed by atoms with Gasteiger partial charge >= 0.3 is 0 Å². The molecular weight excluding hydrogens is 208 g/mol. The molecule has 0 fully saturated rings. The highest BCUT2D eigenvalue weighted by Gasteiger charge is 2.12. The van der Waals surface area contributed by atoms with Gasteiger partial charge in [0, 0.05) is 11.3 Å². The maximum absolute atomic E-state index is 11.4. The van der Waals surface area contributed by atoms with E-state index >= 15 is 0 Å². The van der Waals surface area contributed by atoms with Gasteiger partial charge in [-0.25, -0.2) is 0 Å². The molecule has 0 aliphatic rings. The van der Waals surface area contributed by atoms with Gasteiger partial charge in [0.1, 0.15) is 0 Å². The summed E-state index contributed by atoms with van der Waals surface area (Å²) in [7, 11) is 4.08. The fourth-order valence-corrected chi connectivity index (χ4v) is 1.62. The molecule has 3 nitrogen and oxygen atoms in total. The lowest BCUT2D eigenvalue weighted by Crippen LogP contribution is -2.29. The Morgan fingerprint density at radius 2 is 1.93 bits per heavy atom. The predicted octanol–water partition coefficient (Wildman–Crippen LogP) is 1.59. The van der Waals surface area contributed by atoms with Crippen molar-refractivity contribution in [1.29, 1.82) is 0 Å². The van der Waals surface area contributed by atoms with Gasteiger partial charge in [0.15, 0.2) is 0 Å². The second-order valence-electron chi connectivity index (χ2n) is 4.91. The van der Waals surface area contributed by atoms with Crippen molar-refractivity contribution in [3.05, 3.63) is 0 Å². The van der Waals surface area contributed by atoms with Crippen LogP contribution in [0.1, 0.15) is 27.2 Å². The molecule has 0 heterocycles. The van der Waals surface area contributed by atoms with Crippen molar-refractivity contribution < 1.29 is 4.79 Å². The van der Waals surface area contributed by atoms with E-state index in [1.807, 2.05) is 14.1 Å². The van der Waals surface area contributed by atoms with E-state index < -0.39 is 0 Å². The highest BCUT2D eigenvalue weighted by molar-refractivity contribution is 8.01. The molecule has 0 aliphatic heterocycles. The Kier molecular flexibility index (Phi) is 7.02. The van der Waals surface area contributed by atoms with Crippen LogP contribution in [0.5, 0.6) is 0 Å². The van der Waals surface area contributed by atoms with E-state index in [9.17, 15) is 4.79 Å². The molecule has 0 aromatic carbocycles. The molecule has 0 atom stereocenters. The van der Waals surface area contributed by atoms with Gasteiger partial charge in [-0.05, 0) is 27.1 Å². The van der Waals surface area contributed by atoms with Crippen LogP contribution in [0, 0.1) is 0 Å². The van der Waals surface area contributed by atoms with Gasteiger partial charge in [-0.3, -0.25) is 4.79 Å². The number of rotatable bonds is 6. The number of carbonyl (C=O) groups excluding carboxylic acids is 1. The minimum absolute atomic E-state index is 0.147. The average Bonchev–Trinajstić information content (AvgIpc) is 2.07. The molecule has 0 spiro atoms. The number of thioether (sulfide) groups is 1. The number of amides is 1. The van der Waals surface area contributed by atoms with E-state index in [4.69, 9.17) is 0 Å². The van der Waals surface area contributed by atoms with Crippen LogP contribution in [0.3, 0.4) is 0 Å². The molecular formula is C11H24N2OS. The Morgan fingerprint density at radius 3 is 2.40 bits per heavy atom. The topological polar surface area (TPSA) is 32.3 Å². The van der Waals surface area contributed by atoms with Crippen molar-refractivity contribution in [3.63, 3.8) is 0 Å². The lowest BCUT2D eigenvalue weighted by Gasteiger charge is -2.17. The summed E-state index contributed by atoms with van der Waals surface area (Å²) in [5, 5.41) is 2.92. The van der Waals surface area contributed by atoms with Crippen molar-refractivity contribution in [1.82, 2.24) is 10.2 Å². The number of carbonyl (C=O) groups is 1. The van der Waals surface area contributed by atoms with Crippen LogP contribution in [0.15, 0.2) is 0 Å². The minimum atomic E-state index is 0.147. The van der Waals surface area contributed by atoms with E-state index in [0.29, 0.717) is 5.75 Å². The molecule has 0 rings (SSSR count). The highest BCUT2D eigenvalue weighted by atomic mass is 32.2. The SMILES string of the molecule is CN(C)CCCNC(=O)CSC(C)(C)C. The summed E-state index contributed by atoms with van der Waals surface area (Å²) in [6.45, 7) is 8.17. The van der Waals surface area contributed by atoms with Crippen molar-refractivity contribution in [2.24, 2.45) is 0 Å². The van der Waals surface area contributed by atoms with Crippen molar-refractivity contribution >= 4 is 17.7 Å². The standard InChI is InChI=1S/C11H24N2OS/c1-11(2,3)15-9-10(14)12-7-6-8-13(4)5/h6-9H2,1-5H3,(H,12,14). The summed E-state index contributed by atoms with van der Waals surface area (Å²) in [4.78, 5) is 13.5. The Morgan fingerprint density at radius 1 is 1.33 bits per heavy atom. The van der Waals surface area contributed by atoms with E-state index in [-0.39, 0.29) is 10.7 Å². The van der Waals surface area contributed by atoms with Crippen molar-refractivity contribution in [3.8, 4) is 0 Å². The molecule has 0 unspecified atom stereocenters. The van der Waals surface area contributed by atoms with Gasteiger partial charge in [0.05, 0.1) is 5.75 Å². The molecule has 4 heteroatoms. The quantitative estimate of drug-likeness (QED) is 0.706. The van der Waals surface area contributed by atoms with Gasteiger partial charge in [-0.2, -0.15) is 0 Å². The summed E-state index contributed by atoms with van der Waals surface area (Å²) in [6.07, 6.45) is 1.01. The number of nitrogens with zero attached hydrogens (tertiary/aromatic N) is 1. The number of hydrogen-bond acceptors (Lipinski definition) is 3. The third kappa shape index (κ3) is 11.7. The second-order valence-corrected chi connectivity index (χ2v) is 6.71. The summed E-state index contributed by atoms with van der Waals surface area (Å²) in [6, 6.07) is 0. The number of nitrogens with one attached hydrogen (secondary N) is 1. The zero-order valence-corrected chi connectivity index (χ0v) is 11.4. The van der Waals surface area contributed by atoms with E-state index in [0.717, 1.165) is 19.5 Å². The molecule has 90 valence electrons. The Bertz CT molecular complexity index is 188. The zero-order valence-electron chi connectivity index (χ0n) is 10.6. The molecule has 0 saturated heterocycles. The third-order valence-corrected chi connectivity index (χ3v) is 3.01. The molecule has 1 N–H and O–H groups in total. The summed E-state index contributed by atoms with van der Waals surface area (Å²) in [5.41, 5.74) is 0. The van der Waals surface area contributed by atoms with Gasteiger partial charge in [-0.1, -0.05) is 20.8 Å². The fourth-order valence-electron chi connectivity index (χ4n) is 0.956. The monoisotopic (exact) mass is 232 g/mol. The van der Waals surface area contributed by atoms with Gasteiger partial charge in [0.2, 0.25) is 5.91 Å². The molecule has 0 aromatic heterocycles. The highest BCUT2D eigenvalue weighted by Crippen LogP contribution is 2.22. The molecule has 0 aromatic rings. The van der Waals surface area contributed by atoms with Crippen LogP contribution in [0.4, 0.5) is 0 Å². The molecule has 0 saturated carbocycles. The molecule has 0 aliphatic carbocycles. The summed E-state index contributed by atoms with van der Waals surface area (Å²) in [5.74, 6) is 0.708. The largest absolute Gasteiger partial charge is 0.355 e. The van der Waals surface area contributed by atoms with Crippen molar-refractivity contribution in [2.45, 2.75) is 31.9 Å². The number of hydrogen-bond donors (Lipinski definition) is 1. The Labute approximate surface area is 98.0 Å². The van der Waals surface area contributed by atoms with Crippen molar-refractivity contribution in [2.75, 3.05) is 32.9 Å². The summed E-state index contributed by atoms with van der Waals surface area (Å²) >= 11 is 1.68. The first kappa shape index (κ1) is 14.8. The fraction of sp³-hybridized carbons (Fsp3) is 0.909. The van der Waals surface area contributed by atoms with E-state index in [2.05, 4.69) is 31.0 Å². The average molecular weight is 232 g/mol. The molecule has 15 heavy (non-hydrogen) atoms. The zero-order chi connectivity index (χ0) is 11.9. The first-order valence-corrected chi connectivity index (χ1v) is 6.35. The maximum atomic E-state index is 11.4. The van der Waals surface area contributed by atoms with Gasteiger partial charge in [0.25, 0.3) is 0 Å². The summed E-state index contributed by atoms with van der Waals surface area (Å²) < 4.78 is 0.168. The normalized spacial score (nSPS) is 11.9. The van der Waals surface area contributed by atoms with Crippen LogP contribution >= 0.6 is 11.8 Å². The molecule has 1 amide bonds. The Hall–Kier alpha value is -0.220. The van der Waals surface area contributed by atoms with Crippen LogP contribution in [0.2, 0.25) is 0 Å². The lowest BCUT2D eigenvalue weighted by molar-refractivity contribution is -0.118. The van der Waals surface area contributed by atoms with Gasteiger partial charge < -0.3 is 10.2 Å². The molecule has 0 radical (unpaired) electrons. The predicted molar refractivity (Wildman–Crippen MR) is 68.4 cm³/mol. The first-order valence-electron chi connectivity index (χ1n) is 5.36. The minimum Gasteiger partial charge on any atom is -0.355 e. The third-order valence-electron chi connectivity index (χ3n) is 1.74. The first-order chi connectivity index (χ1) is 6.81. The smallest absolute Gasteiger partial charge is 0.230 e. The lowest BCUT2D eigenvalue weighted by atomic mass is 10.3. The van der Waals surface area contributed by atoms with Crippen LogP contribution in [-0.4, -0.2) is 48.5 Å². The Balaban J connectivity index is 3.42. The van der Waals surface area contributed by atoms with Crippen LogP contribution < -0.4 is 5.32 Å².